The smallest absolute Gasteiger partial charge is 0.227 e. The Hall–Kier alpha value is -2.08. The van der Waals surface area contributed by atoms with Gasteiger partial charge in [0.2, 0.25) is 17.7 Å². The van der Waals surface area contributed by atoms with E-state index in [1.54, 1.807) is 36.1 Å². The first-order valence-corrected chi connectivity index (χ1v) is 9.92. The normalized spacial score (nSPS) is 23.0. The lowest BCUT2D eigenvalue weighted by Crippen LogP contribution is -2.51. The first-order chi connectivity index (χ1) is 12.9. The summed E-state index contributed by atoms with van der Waals surface area (Å²) < 4.78 is 0. The lowest BCUT2D eigenvalue weighted by atomic mass is 9.80. The number of anilines is 1. The van der Waals surface area contributed by atoms with Gasteiger partial charge in [0, 0.05) is 55.6 Å². The van der Waals surface area contributed by atoms with Gasteiger partial charge in [-0.2, -0.15) is 0 Å². The first-order valence-electron chi connectivity index (χ1n) is 9.55. The zero-order valence-corrected chi connectivity index (χ0v) is 16.4. The second kappa shape index (κ2) is 8.74. The van der Waals surface area contributed by atoms with Gasteiger partial charge in [0.1, 0.15) is 0 Å². The maximum Gasteiger partial charge on any atom is 0.227 e. The molecular formula is C20H26ClN3O3. The SMILES string of the molecule is CC(=O)N1CCN(C(=O)C2CCC(C(=O)Nc3ccc(Cl)cc3)CC2)CC1. The topological polar surface area (TPSA) is 69.7 Å². The minimum atomic E-state index is -0.0562. The number of nitrogens with one attached hydrogen (secondary N) is 1. The third-order valence-corrected chi connectivity index (χ3v) is 5.85. The largest absolute Gasteiger partial charge is 0.339 e. The number of rotatable bonds is 3. The second-order valence-electron chi connectivity index (χ2n) is 7.38. The molecule has 3 amide bonds. The van der Waals surface area contributed by atoms with Crippen LogP contribution in [0, 0.1) is 11.8 Å². The van der Waals surface area contributed by atoms with Crippen molar-refractivity contribution in [2.75, 3.05) is 31.5 Å². The van der Waals surface area contributed by atoms with Crippen LogP contribution in [0.3, 0.4) is 0 Å². The van der Waals surface area contributed by atoms with Crippen LogP contribution >= 0.6 is 11.6 Å². The highest BCUT2D eigenvalue weighted by Gasteiger charge is 2.33. The number of nitrogens with zero attached hydrogens (tertiary/aromatic N) is 2. The van der Waals surface area contributed by atoms with Gasteiger partial charge in [-0.1, -0.05) is 11.6 Å². The van der Waals surface area contributed by atoms with E-state index in [2.05, 4.69) is 5.32 Å². The predicted molar refractivity (Wildman–Crippen MR) is 104 cm³/mol. The van der Waals surface area contributed by atoms with Crippen molar-refractivity contribution in [2.24, 2.45) is 11.8 Å². The third-order valence-electron chi connectivity index (χ3n) is 5.60. The van der Waals surface area contributed by atoms with E-state index in [0.29, 0.717) is 31.2 Å². The Kier molecular flexibility index (Phi) is 6.37. The summed E-state index contributed by atoms with van der Waals surface area (Å²) in [5.41, 5.74) is 0.742. The van der Waals surface area contributed by atoms with Crippen molar-refractivity contribution in [3.8, 4) is 0 Å². The predicted octanol–water partition coefficient (Wildman–Crippen LogP) is 2.78. The molecule has 1 aliphatic heterocycles. The lowest BCUT2D eigenvalue weighted by Gasteiger charge is -2.37. The highest BCUT2D eigenvalue weighted by atomic mass is 35.5. The molecule has 1 aromatic rings. The van der Waals surface area contributed by atoms with Gasteiger partial charge in [-0.15, -0.1) is 0 Å². The number of hydrogen-bond acceptors (Lipinski definition) is 3. The van der Waals surface area contributed by atoms with Gasteiger partial charge in [0.25, 0.3) is 0 Å². The van der Waals surface area contributed by atoms with Crippen LogP contribution in [0.25, 0.3) is 0 Å². The van der Waals surface area contributed by atoms with E-state index in [9.17, 15) is 14.4 Å². The molecule has 146 valence electrons. The minimum Gasteiger partial charge on any atom is -0.339 e. The van der Waals surface area contributed by atoms with Crippen LogP contribution in [0.1, 0.15) is 32.6 Å². The van der Waals surface area contributed by atoms with E-state index in [4.69, 9.17) is 11.6 Å². The quantitative estimate of drug-likeness (QED) is 0.861. The molecule has 1 saturated carbocycles. The molecule has 1 aliphatic carbocycles. The summed E-state index contributed by atoms with van der Waals surface area (Å²) in [5.74, 6) is 0.190. The number of amides is 3. The third kappa shape index (κ3) is 5.01. The molecule has 1 aromatic carbocycles. The highest BCUT2D eigenvalue weighted by molar-refractivity contribution is 6.30. The van der Waals surface area contributed by atoms with E-state index in [1.165, 1.54) is 0 Å². The Morgan fingerprint density at radius 1 is 0.889 bits per heavy atom. The van der Waals surface area contributed by atoms with Crippen LogP contribution in [0.15, 0.2) is 24.3 Å². The Morgan fingerprint density at radius 3 is 1.96 bits per heavy atom. The van der Waals surface area contributed by atoms with E-state index in [0.717, 1.165) is 31.4 Å². The molecule has 7 heteroatoms. The molecular weight excluding hydrogens is 366 g/mol. The fraction of sp³-hybridized carbons (Fsp3) is 0.550. The summed E-state index contributed by atoms with van der Waals surface area (Å²) in [6.07, 6.45) is 2.93. The van der Waals surface area contributed by atoms with Gasteiger partial charge in [-0.3, -0.25) is 14.4 Å². The van der Waals surface area contributed by atoms with Crippen LogP contribution in [-0.2, 0) is 14.4 Å². The monoisotopic (exact) mass is 391 g/mol. The van der Waals surface area contributed by atoms with Crippen LogP contribution in [0.5, 0.6) is 0 Å². The Bertz CT molecular complexity index is 691. The fourth-order valence-electron chi connectivity index (χ4n) is 3.88. The maximum absolute atomic E-state index is 12.7. The summed E-state index contributed by atoms with van der Waals surface area (Å²) in [7, 11) is 0. The molecule has 2 fully saturated rings. The lowest BCUT2D eigenvalue weighted by molar-refractivity contribution is -0.142. The van der Waals surface area contributed by atoms with Crippen molar-refractivity contribution in [1.82, 2.24) is 9.80 Å². The second-order valence-corrected chi connectivity index (χ2v) is 7.81. The van der Waals surface area contributed by atoms with Gasteiger partial charge in [0.15, 0.2) is 0 Å². The zero-order valence-electron chi connectivity index (χ0n) is 15.6. The highest BCUT2D eigenvalue weighted by Crippen LogP contribution is 2.31. The van der Waals surface area contributed by atoms with Crippen LogP contribution in [0.4, 0.5) is 5.69 Å². The minimum absolute atomic E-state index is 0.00606. The molecule has 1 heterocycles. The van der Waals surface area contributed by atoms with Crippen molar-refractivity contribution >= 4 is 35.0 Å². The summed E-state index contributed by atoms with van der Waals surface area (Å²) in [5, 5.41) is 3.57. The summed E-state index contributed by atoms with van der Waals surface area (Å²) in [6, 6.07) is 7.07. The Labute approximate surface area is 164 Å². The Morgan fingerprint density at radius 2 is 1.41 bits per heavy atom. The van der Waals surface area contributed by atoms with E-state index in [1.807, 2.05) is 4.90 Å². The van der Waals surface area contributed by atoms with Crippen molar-refractivity contribution in [3.63, 3.8) is 0 Å². The fourth-order valence-corrected chi connectivity index (χ4v) is 4.01. The number of halogens is 1. The summed E-state index contributed by atoms with van der Waals surface area (Å²) in [6.45, 7) is 4.00. The first kappa shape index (κ1) is 19.7. The molecule has 0 unspecified atom stereocenters. The van der Waals surface area contributed by atoms with Crippen molar-refractivity contribution in [1.29, 1.82) is 0 Å². The number of hydrogen-bond donors (Lipinski definition) is 1. The van der Waals surface area contributed by atoms with Crippen LogP contribution in [-0.4, -0.2) is 53.7 Å². The van der Waals surface area contributed by atoms with Crippen molar-refractivity contribution in [2.45, 2.75) is 32.6 Å². The van der Waals surface area contributed by atoms with Gasteiger partial charge < -0.3 is 15.1 Å². The van der Waals surface area contributed by atoms with Crippen LogP contribution < -0.4 is 5.32 Å². The van der Waals surface area contributed by atoms with E-state index < -0.39 is 0 Å². The zero-order chi connectivity index (χ0) is 19.4. The molecule has 6 nitrogen and oxygen atoms in total. The van der Waals surface area contributed by atoms with Crippen LogP contribution in [0.2, 0.25) is 5.02 Å². The van der Waals surface area contributed by atoms with Gasteiger partial charge in [-0.05, 0) is 49.9 Å². The molecule has 3 rings (SSSR count). The van der Waals surface area contributed by atoms with Gasteiger partial charge >= 0.3 is 0 Å². The van der Waals surface area contributed by atoms with E-state index >= 15 is 0 Å². The number of piperazine rings is 1. The molecule has 1 saturated heterocycles. The van der Waals surface area contributed by atoms with Gasteiger partial charge in [0.05, 0.1) is 0 Å². The molecule has 2 aliphatic rings. The average Bonchev–Trinajstić information content (AvgIpc) is 2.69. The van der Waals surface area contributed by atoms with E-state index in [-0.39, 0.29) is 29.6 Å². The molecule has 0 spiro atoms. The molecule has 0 bridgehead atoms. The number of carbonyl (C=O) groups is 3. The number of carbonyl (C=O) groups excluding carboxylic acids is 3. The molecule has 0 atom stereocenters. The maximum atomic E-state index is 12.7. The summed E-state index contributed by atoms with van der Waals surface area (Å²) in [4.78, 5) is 40.2. The summed E-state index contributed by atoms with van der Waals surface area (Å²) >= 11 is 5.86. The van der Waals surface area contributed by atoms with Gasteiger partial charge in [-0.25, -0.2) is 0 Å². The molecule has 0 radical (unpaired) electrons. The standard InChI is InChI=1S/C20H26ClN3O3/c1-14(25)23-10-12-24(13-11-23)20(27)16-4-2-15(3-5-16)19(26)22-18-8-6-17(21)7-9-18/h6-9,15-16H,2-5,10-13H2,1H3,(H,22,26). The Balaban J connectivity index is 1.45. The molecule has 27 heavy (non-hydrogen) atoms. The van der Waals surface area contributed by atoms with Crippen molar-refractivity contribution in [3.05, 3.63) is 29.3 Å². The molecule has 0 aromatic heterocycles. The number of benzene rings is 1. The molecule has 1 N–H and O–H groups in total. The average molecular weight is 392 g/mol. The van der Waals surface area contributed by atoms with Crippen molar-refractivity contribution < 1.29 is 14.4 Å².